The highest BCUT2D eigenvalue weighted by Crippen LogP contribution is 2.45. The summed E-state index contributed by atoms with van der Waals surface area (Å²) in [7, 11) is 3.26. The first-order valence-corrected chi connectivity index (χ1v) is 14.1. The summed E-state index contributed by atoms with van der Waals surface area (Å²) in [6.45, 7) is 5.20. The Morgan fingerprint density at radius 3 is 2.36 bits per heavy atom. The van der Waals surface area contributed by atoms with Crippen LogP contribution >= 0.6 is 0 Å². The molecule has 6 rings (SSSR count). The van der Waals surface area contributed by atoms with Gasteiger partial charge in [0.1, 0.15) is 29.4 Å². The average molecular weight is 572 g/mol. The van der Waals surface area contributed by atoms with Crippen LogP contribution < -0.4 is 14.2 Å². The van der Waals surface area contributed by atoms with Crippen molar-refractivity contribution < 1.29 is 28.1 Å². The smallest absolute Gasteiger partial charge is 0.258 e. The molecule has 2 aliphatic heterocycles. The Balaban J connectivity index is 1.36. The molecular weight excluding hydrogens is 537 g/mol. The van der Waals surface area contributed by atoms with Crippen molar-refractivity contribution in [2.75, 3.05) is 53.6 Å². The fourth-order valence-corrected chi connectivity index (χ4v) is 5.64. The number of morpholine rings is 1. The van der Waals surface area contributed by atoms with Crippen LogP contribution in [0.1, 0.15) is 32.6 Å². The topological polar surface area (TPSA) is 73.4 Å². The summed E-state index contributed by atoms with van der Waals surface area (Å²) in [6.07, 6.45) is 2.36. The molecule has 0 spiro atoms. The summed E-state index contributed by atoms with van der Waals surface area (Å²) in [5.41, 5.74) is 4.75. The first-order valence-electron chi connectivity index (χ1n) is 14.1. The number of nitrogens with zero attached hydrogens (tertiary/aromatic N) is 3. The van der Waals surface area contributed by atoms with Crippen LogP contribution in [0.3, 0.4) is 0 Å². The highest BCUT2D eigenvalue weighted by molar-refractivity contribution is 6.09. The van der Waals surface area contributed by atoms with Gasteiger partial charge in [-0.3, -0.25) is 14.7 Å². The lowest BCUT2D eigenvalue weighted by Crippen LogP contribution is -2.41. The molecule has 3 heterocycles. The molecule has 1 saturated heterocycles. The van der Waals surface area contributed by atoms with Gasteiger partial charge in [-0.05, 0) is 53.4 Å². The Hall–Kier alpha value is -4.21. The van der Waals surface area contributed by atoms with Crippen LogP contribution in [0, 0.1) is 5.82 Å². The Bertz CT molecular complexity index is 1570. The normalized spacial score (nSPS) is 15.2. The van der Waals surface area contributed by atoms with Gasteiger partial charge in [-0.15, -0.1) is 0 Å². The van der Waals surface area contributed by atoms with Gasteiger partial charge in [0.15, 0.2) is 5.75 Å². The maximum Gasteiger partial charge on any atom is 0.258 e. The van der Waals surface area contributed by atoms with E-state index >= 15 is 0 Å². The number of carbonyl (C=O) groups is 1. The molecule has 0 radical (unpaired) electrons. The molecule has 8 nitrogen and oxygen atoms in total. The molecular formula is C33H34FN3O5. The molecule has 0 bridgehead atoms. The molecule has 1 fully saturated rings. The van der Waals surface area contributed by atoms with Gasteiger partial charge in [0, 0.05) is 43.3 Å². The van der Waals surface area contributed by atoms with Crippen molar-refractivity contribution in [3.63, 3.8) is 0 Å². The van der Waals surface area contributed by atoms with Gasteiger partial charge < -0.3 is 23.8 Å². The second-order valence-corrected chi connectivity index (χ2v) is 10.6. The highest BCUT2D eigenvalue weighted by atomic mass is 19.1. The average Bonchev–Trinajstić information content (AvgIpc) is 3.35. The molecule has 1 aromatic heterocycles. The van der Waals surface area contributed by atoms with Crippen LogP contribution in [0.15, 0.2) is 60.8 Å². The van der Waals surface area contributed by atoms with Crippen molar-refractivity contribution in [2.45, 2.75) is 19.6 Å². The van der Waals surface area contributed by atoms with Crippen molar-refractivity contribution in [3.05, 3.63) is 94.4 Å². The minimum atomic E-state index is -0.269. The van der Waals surface area contributed by atoms with E-state index in [4.69, 9.17) is 23.9 Å². The molecule has 0 aliphatic carbocycles. The number of fused-ring (bicyclic) bond motifs is 2. The van der Waals surface area contributed by atoms with E-state index in [1.165, 1.54) is 12.1 Å². The van der Waals surface area contributed by atoms with E-state index < -0.39 is 0 Å². The summed E-state index contributed by atoms with van der Waals surface area (Å²) >= 11 is 0. The first-order chi connectivity index (χ1) is 20.5. The van der Waals surface area contributed by atoms with Crippen molar-refractivity contribution >= 4 is 16.8 Å². The molecule has 0 N–H and O–H groups in total. The fraction of sp³-hybridized carbons (Fsp3) is 0.333. The van der Waals surface area contributed by atoms with E-state index in [9.17, 15) is 9.18 Å². The summed E-state index contributed by atoms with van der Waals surface area (Å²) in [4.78, 5) is 22.9. The predicted molar refractivity (Wildman–Crippen MR) is 157 cm³/mol. The zero-order valence-corrected chi connectivity index (χ0v) is 23.9. The quantitative estimate of drug-likeness (QED) is 0.270. The number of halogens is 1. The van der Waals surface area contributed by atoms with Crippen LogP contribution in [0.4, 0.5) is 4.39 Å². The summed E-state index contributed by atoms with van der Waals surface area (Å²) in [6, 6.07) is 16.1. The third kappa shape index (κ3) is 5.75. The number of hydrogen-bond donors (Lipinski definition) is 0. The number of ether oxygens (including phenoxy) is 4. The standard InChI is InChI=1S/C33H34FN3O5/c1-39-26-9-5-23(6-10-26)21-42-32-29-28(20-37(33(29)38)12-11-36-13-15-41-16-14-36)31(40-2)27-18-24(19-35-30(27)32)17-22-3-7-25(34)8-4-22/h3-10,18-19H,11-17,20-21H2,1-2H3. The maximum absolute atomic E-state index is 13.9. The van der Waals surface area contributed by atoms with Gasteiger partial charge in [0.05, 0.1) is 39.5 Å². The van der Waals surface area contributed by atoms with E-state index in [2.05, 4.69) is 4.90 Å². The maximum atomic E-state index is 13.9. The predicted octanol–water partition coefficient (Wildman–Crippen LogP) is 4.85. The SMILES string of the molecule is COc1ccc(COc2c3c(c(OC)c4cc(Cc5ccc(F)cc5)cnc24)CN(CCN2CCOCC2)C3=O)cc1. The fourth-order valence-electron chi connectivity index (χ4n) is 5.64. The molecule has 4 aromatic rings. The van der Waals surface area contributed by atoms with E-state index in [-0.39, 0.29) is 18.3 Å². The monoisotopic (exact) mass is 571 g/mol. The lowest BCUT2D eigenvalue weighted by molar-refractivity contribution is 0.0327. The van der Waals surface area contributed by atoms with Crippen molar-refractivity contribution in [3.8, 4) is 17.2 Å². The summed E-state index contributed by atoms with van der Waals surface area (Å²) in [5, 5.41) is 0.781. The highest BCUT2D eigenvalue weighted by Gasteiger charge is 2.36. The van der Waals surface area contributed by atoms with Gasteiger partial charge in [-0.1, -0.05) is 24.3 Å². The lowest BCUT2D eigenvalue weighted by Gasteiger charge is -2.28. The zero-order chi connectivity index (χ0) is 29.1. The number of carbonyl (C=O) groups excluding carboxylic acids is 1. The molecule has 0 saturated carbocycles. The number of pyridine rings is 1. The van der Waals surface area contributed by atoms with E-state index in [1.807, 2.05) is 35.2 Å². The molecule has 1 amide bonds. The molecule has 42 heavy (non-hydrogen) atoms. The van der Waals surface area contributed by atoms with Gasteiger partial charge >= 0.3 is 0 Å². The van der Waals surface area contributed by atoms with E-state index in [1.54, 1.807) is 32.5 Å². The Morgan fingerprint density at radius 1 is 0.905 bits per heavy atom. The van der Waals surface area contributed by atoms with Gasteiger partial charge in [0.25, 0.3) is 5.91 Å². The second kappa shape index (κ2) is 12.3. The number of aromatic nitrogens is 1. The van der Waals surface area contributed by atoms with Gasteiger partial charge in [-0.2, -0.15) is 0 Å². The van der Waals surface area contributed by atoms with Gasteiger partial charge in [-0.25, -0.2) is 4.39 Å². The number of rotatable bonds is 10. The second-order valence-electron chi connectivity index (χ2n) is 10.6. The Kier molecular flexibility index (Phi) is 8.21. The molecule has 0 atom stereocenters. The van der Waals surface area contributed by atoms with Crippen molar-refractivity contribution in [2.24, 2.45) is 0 Å². The van der Waals surface area contributed by atoms with E-state index in [0.29, 0.717) is 55.3 Å². The lowest BCUT2D eigenvalue weighted by atomic mass is 9.99. The number of methoxy groups -OCH3 is 2. The van der Waals surface area contributed by atoms with Crippen molar-refractivity contribution in [1.29, 1.82) is 0 Å². The minimum Gasteiger partial charge on any atom is -0.497 e. The molecule has 9 heteroatoms. The summed E-state index contributed by atoms with van der Waals surface area (Å²) < 4.78 is 36.6. The molecule has 3 aromatic carbocycles. The third-order valence-electron chi connectivity index (χ3n) is 7.91. The van der Waals surface area contributed by atoms with Crippen molar-refractivity contribution in [1.82, 2.24) is 14.8 Å². The molecule has 0 unspecified atom stereocenters. The first kappa shape index (κ1) is 27.9. The van der Waals surface area contributed by atoms with E-state index in [0.717, 1.165) is 53.0 Å². The Labute approximate surface area is 244 Å². The zero-order valence-electron chi connectivity index (χ0n) is 23.9. The number of amides is 1. The van der Waals surface area contributed by atoms with Crippen LogP contribution in [-0.2, 0) is 24.3 Å². The minimum absolute atomic E-state index is 0.0830. The third-order valence-corrected chi connectivity index (χ3v) is 7.91. The molecule has 2 aliphatic rings. The van der Waals surface area contributed by atoms with Crippen LogP contribution in [0.25, 0.3) is 10.9 Å². The molecule has 218 valence electrons. The number of benzene rings is 3. The van der Waals surface area contributed by atoms with Crippen LogP contribution in [0.2, 0.25) is 0 Å². The Morgan fingerprint density at radius 2 is 1.64 bits per heavy atom. The van der Waals surface area contributed by atoms with Crippen LogP contribution in [0.5, 0.6) is 17.2 Å². The largest absolute Gasteiger partial charge is 0.497 e. The summed E-state index contributed by atoms with van der Waals surface area (Å²) in [5.74, 6) is 1.50. The number of hydrogen-bond acceptors (Lipinski definition) is 7. The van der Waals surface area contributed by atoms with Crippen LogP contribution in [-0.4, -0.2) is 74.3 Å². The van der Waals surface area contributed by atoms with Gasteiger partial charge in [0.2, 0.25) is 0 Å².